The summed E-state index contributed by atoms with van der Waals surface area (Å²) in [6.45, 7) is 0.0249. The molecule has 0 amide bonds. The minimum Gasteiger partial charge on any atom is -0.496 e. The van der Waals surface area contributed by atoms with Gasteiger partial charge in [-0.2, -0.15) is 0 Å². The van der Waals surface area contributed by atoms with E-state index in [1.807, 2.05) is 29.6 Å². The molecule has 0 unspecified atom stereocenters. The van der Waals surface area contributed by atoms with E-state index in [0.29, 0.717) is 17.0 Å². The zero-order valence-corrected chi connectivity index (χ0v) is 16.2. The van der Waals surface area contributed by atoms with Crippen molar-refractivity contribution in [3.8, 4) is 27.6 Å². The third-order valence-corrected chi connectivity index (χ3v) is 5.10. The van der Waals surface area contributed by atoms with Gasteiger partial charge in [-0.3, -0.25) is 0 Å². The molecule has 0 radical (unpaired) electrons. The minimum absolute atomic E-state index is 0.0249. The van der Waals surface area contributed by atoms with E-state index < -0.39 is 5.97 Å². The molecule has 29 heavy (non-hydrogen) atoms. The number of nitrogens with zero attached hydrogens (tertiary/aromatic N) is 1. The van der Waals surface area contributed by atoms with Crippen LogP contribution in [0.1, 0.15) is 16.2 Å². The lowest BCUT2D eigenvalue weighted by molar-refractivity contribution is 0.0433. The van der Waals surface area contributed by atoms with Gasteiger partial charge in [0.2, 0.25) is 5.76 Å². The molecule has 146 valence electrons. The summed E-state index contributed by atoms with van der Waals surface area (Å²) < 4.78 is 29.2. The number of thiazole rings is 1. The Kier molecular flexibility index (Phi) is 5.39. The third kappa shape index (κ3) is 4.20. The van der Waals surface area contributed by atoms with Crippen LogP contribution < -0.4 is 4.74 Å². The van der Waals surface area contributed by atoms with Crippen LogP contribution in [-0.2, 0) is 11.3 Å². The van der Waals surface area contributed by atoms with E-state index in [1.54, 1.807) is 25.3 Å². The smallest absolute Gasteiger partial charge is 0.374 e. The summed E-state index contributed by atoms with van der Waals surface area (Å²) in [5.41, 5.74) is 2.19. The molecule has 0 aliphatic carbocycles. The van der Waals surface area contributed by atoms with Gasteiger partial charge in [-0.15, -0.1) is 11.3 Å². The maximum atomic E-state index is 13.0. The number of benzene rings is 2. The molecule has 5 nitrogen and oxygen atoms in total. The fraction of sp³-hybridized carbons (Fsp3) is 0.0909. The molecule has 0 spiro atoms. The van der Waals surface area contributed by atoms with E-state index in [0.717, 1.165) is 16.3 Å². The Morgan fingerprint density at radius 3 is 2.69 bits per heavy atom. The van der Waals surface area contributed by atoms with E-state index in [-0.39, 0.29) is 18.2 Å². The van der Waals surface area contributed by atoms with Gasteiger partial charge in [0.15, 0.2) is 0 Å². The van der Waals surface area contributed by atoms with Gasteiger partial charge in [-0.05, 0) is 48.5 Å². The van der Waals surface area contributed by atoms with Crippen LogP contribution >= 0.6 is 11.3 Å². The quantitative estimate of drug-likeness (QED) is 0.389. The molecular weight excluding hydrogens is 393 g/mol. The van der Waals surface area contributed by atoms with Crippen molar-refractivity contribution in [2.24, 2.45) is 0 Å². The second-order valence-corrected chi connectivity index (χ2v) is 6.95. The van der Waals surface area contributed by atoms with Crippen molar-refractivity contribution >= 4 is 17.3 Å². The maximum absolute atomic E-state index is 13.0. The van der Waals surface area contributed by atoms with Crippen LogP contribution in [-0.4, -0.2) is 18.1 Å². The molecule has 0 aliphatic rings. The second-order valence-electron chi connectivity index (χ2n) is 6.09. The highest BCUT2D eigenvalue weighted by atomic mass is 32.1. The highest BCUT2D eigenvalue weighted by Gasteiger charge is 2.16. The van der Waals surface area contributed by atoms with Crippen LogP contribution in [0.4, 0.5) is 4.39 Å². The molecule has 2 heterocycles. The number of para-hydroxylation sites is 1. The number of rotatable bonds is 6. The Bertz CT molecular complexity index is 1130. The van der Waals surface area contributed by atoms with Crippen molar-refractivity contribution in [2.45, 2.75) is 6.61 Å². The monoisotopic (exact) mass is 409 g/mol. The Labute approximate surface area is 170 Å². The average molecular weight is 409 g/mol. The normalized spacial score (nSPS) is 10.7. The predicted molar refractivity (Wildman–Crippen MR) is 107 cm³/mol. The Morgan fingerprint density at radius 2 is 1.90 bits per heavy atom. The van der Waals surface area contributed by atoms with Crippen molar-refractivity contribution in [1.82, 2.24) is 4.98 Å². The Hall–Kier alpha value is -3.45. The first-order valence-corrected chi connectivity index (χ1v) is 9.62. The van der Waals surface area contributed by atoms with Crippen LogP contribution in [0.3, 0.4) is 0 Å². The van der Waals surface area contributed by atoms with Gasteiger partial charge < -0.3 is 13.9 Å². The van der Waals surface area contributed by atoms with Gasteiger partial charge in [0.1, 0.15) is 28.9 Å². The van der Waals surface area contributed by atoms with Crippen molar-refractivity contribution in [1.29, 1.82) is 0 Å². The number of furan rings is 1. The number of methoxy groups -OCH3 is 1. The number of carbonyl (C=O) groups excluding carboxylic acids is 1. The molecule has 4 aromatic rings. The van der Waals surface area contributed by atoms with Crippen LogP contribution in [0.5, 0.6) is 5.75 Å². The van der Waals surface area contributed by atoms with Crippen molar-refractivity contribution < 1.29 is 23.1 Å². The molecule has 0 bridgehead atoms. The molecule has 0 N–H and O–H groups in total. The van der Waals surface area contributed by atoms with Crippen molar-refractivity contribution in [3.63, 3.8) is 0 Å². The molecule has 2 aromatic carbocycles. The second kappa shape index (κ2) is 8.28. The van der Waals surface area contributed by atoms with E-state index in [9.17, 15) is 9.18 Å². The fourth-order valence-electron chi connectivity index (χ4n) is 2.75. The number of hydrogen-bond acceptors (Lipinski definition) is 6. The highest BCUT2D eigenvalue weighted by molar-refractivity contribution is 7.13. The lowest BCUT2D eigenvalue weighted by Crippen LogP contribution is -2.04. The number of carbonyl (C=O) groups is 1. The van der Waals surface area contributed by atoms with Crippen LogP contribution in [0.2, 0.25) is 0 Å². The van der Waals surface area contributed by atoms with Gasteiger partial charge in [0.05, 0.1) is 18.4 Å². The summed E-state index contributed by atoms with van der Waals surface area (Å²) >= 11 is 1.45. The third-order valence-electron chi connectivity index (χ3n) is 4.18. The van der Waals surface area contributed by atoms with E-state index in [1.165, 1.54) is 29.5 Å². The van der Waals surface area contributed by atoms with Crippen LogP contribution in [0.25, 0.3) is 21.9 Å². The molecule has 7 heteroatoms. The molecule has 0 fully saturated rings. The number of hydrogen-bond donors (Lipinski definition) is 0. The SMILES string of the molecule is COc1ccccc1-c1nc(COC(=O)c2ccc(-c3ccc(F)cc3)o2)cs1. The topological polar surface area (TPSA) is 61.6 Å². The first kappa shape index (κ1) is 18.9. The lowest BCUT2D eigenvalue weighted by atomic mass is 10.2. The summed E-state index contributed by atoms with van der Waals surface area (Å²) in [4.78, 5) is 16.8. The summed E-state index contributed by atoms with van der Waals surface area (Å²) in [6.07, 6.45) is 0. The van der Waals surface area contributed by atoms with Gasteiger partial charge in [-0.1, -0.05) is 12.1 Å². The molecule has 0 aliphatic heterocycles. The predicted octanol–water partition coefficient (Wildman–Crippen LogP) is 5.57. The first-order valence-electron chi connectivity index (χ1n) is 8.75. The zero-order chi connectivity index (χ0) is 20.2. The minimum atomic E-state index is -0.592. The molecule has 2 aromatic heterocycles. The Morgan fingerprint density at radius 1 is 1.10 bits per heavy atom. The van der Waals surface area contributed by atoms with Crippen molar-refractivity contribution in [2.75, 3.05) is 7.11 Å². The van der Waals surface area contributed by atoms with Crippen molar-refractivity contribution in [3.05, 3.63) is 83.3 Å². The van der Waals surface area contributed by atoms with Crippen LogP contribution in [0, 0.1) is 5.82 Å². The average Bonchev–Trinajstić information content (AvgIpc) is 3.42. The lowest BCUT2D eigenvalue weighted by Gasteiger charge is -2.04. The van der Waals surface area contributed by atoms with E-state index in [2.05, 4.69) is 4.98 Å². The number of halogens is 1. The number of ether oxygens (including phenoxy) is 2. The maximum Gasteiger partial charge on any atom is 0.374 e. The fourth-order valence-corrected chi connectivity index (χ4v) is 3.58. The molecule has 4 rings (SSSR count). The molecule has 0 saturated heterocycles. The van der Waals surface area contributed by atoms with Gasteiger partial charge >= 0.3 is 5.97 Å². The first-order chi connectivity index (χ1) is 14.1. The van der Waals surface area contributed by atoms with E-state index in [4.69, 9.17) is 13.9 Å². The number of esters is 1. The summed E-state index contributed by atoms with van der Waals surface area (Å²) in [6, 6.07) is 16.6. The van der Waals surface area contributed by atoms with Crippen LogP contribution in [0.15, 0.2) is 70.5 Å². The standard InChI is InChI=1S/C22H16FNO4S/c1-26-19-5-3-2-4-17(19)21-24-16(13-29-21)12-27-22(25)20-11-10-18(28-20)14-6-8-15(23)9-7-14/h2-11,13H,12H2,1H3. The number of aromatic nitrogens is 1. The Balaban J connectivity index is 1.42. The molecular formula is C22H16FNO4S. The van der Waals surface area contributed by atoms with Gasteiger partial charge in [0.25, 0.3) is 0 Å². The largest absolute Gasteiger partial charge is 0.496 e. The van der Waals surface area contributed by atoms with E-state index >= 15 is 0 Å². The summed E-state index contributed by atoms with van der Waals surface area (Å²) in [5.74, 6) is 0.337. The zero-order valence-electron chi connectivity index (χ0n) is 15.4. The van der Waals surface area contributed by atoms with Gasteiger partial charge in [0, 0.05) is 10.9 Å². The highest BCUT2D eigenvalue weighted by Crippen LogP contribution is 2.32. The summed E-state index contributed by atoms with van der Waals surface area (Å²) in [5, 5.41) is 2.62. The molecule has 0 atom stereocenters. The molecule has 0 saturated carbocycles. The van der Waals surface area contributed by atoms with Gasteiger partial charge in [-0.25, -0.2) is 14.2 Å². The summed E-state index contributed by atoms with van der Waals surface area (Å²) in [7, 11) is 1.61.